The summed E-state index contributed by atoms with van der Waals surface area (Å²) in [6.07, 6.45) is 0.700. The molecule has 0 aromatic rings. The van der Waals surface area contributed by atoms with E-state index < -0.39 is 12.2 Å². The van der Waals surface area contributed by atoms with E-state index in [0.29, 0.717) is 11.1 Å². The van der Waals surface area contributed by atoms with Crippen molar-refractivity contribution in [2.24, 2.45) is 0 Å². The Morgan fingerprint density at radius 2 is 1.76 bits per heavy atom. The van der Waals surface area contributed by atoms with Crippen LogP contribution in [-0.2, 0) is 9.53 Å². The average molecular weight is 258 g/mol. The minimum atomic E-state index is -0.995. The molecule has 0 heterocycles. The summed E-state index contributed by atoms with van der Waals surface area (Å²) < 4.78 is 5.74. The number of likely N-dealkylation sites (N-methyl/N-ethyl adjacent to an activating group) is 1. The minimum Gasteiger partial charge on any atom is -0.550 e. The molecule has 5 nitrogen and oxygen atoms in total. The van der Waals surface area contributed by atoms with Crippen molar-refractivity contribution in [3.63, 3.8) is 0 Å². The summed E-state index contributed by atoms with van der Waals surface area (Å²) in [6, 6.07) is 0. The third kappa shape index (κ3) is 18.9. The molecule has 0 aliphatic heterocycles. The van der Waals surface area contributed by atoms with E-state index in [1.807, 2.05) is 21.1 Å². The fourth-order valence-corrected chi connectivity index (χ4v) is 0.557. The van der Waals surface area contributed by atoms with Crippen LogP contribution in [0.2, 0.25) is 0 Å². The van der Waals surface area contributed by atoms with Gasteiger partial charge in [0, 0.05) is 12.6 Å². The molecular weight excluding hydrogens is 233 g/mol. The van der Waals surface area contributed by atoms with E-state index in [-0.39, 0.29) is 36.0 Å². The van der Waals surface area contributed by atoms with Crippen LogP contribution in [-0.4, -0.2) is 56.1 Å². The Morgan fingerprint density at radius 3 is 2.00 bits per heavy atom. The fraction of sp³-hybridized carbons (Fsp3) is 0.909. The number of quaternary nitrogens is 1. The second-order valence-electron chi connectivity index (χ2n) is 4.40. The molecule has 0 aliphatic carbocycles. The molecule has 0 aromatic heterocycles. The summed E-state index contributed by atoms with van der Waals surface area (Å²) in [5.41, 5.74) is 0. The maximum Gasteiger partial charge on any atom is 1.00 e. The van der Waals surface area contributed by atoms with Crippen LogP contribution in [0.5, 0.6) is 0 Å². The van der Waals surface area contributed by atoms with Gasteiger partial charge < -0.3 is 24.2 Å². The van der Waals surface area contributed by atoms with Crippen molar-refractivity contribution >= 4 is 5.97 Å². The van der Waals surface area contributed by atoms with Crippen molar-refractivity contribution in [2.75, 3.05) is 34.4 Å². The first-order chi connectivity index (χ1) is 7.25. The normalized spacial score (nSPS) is 11.9. The number of rotatable bonds is 6. The Bertz CT molecular complexity index is 183. The number of nitrogens with zero attached hydrogens (tertiary/aromatic N) is 1. The van der Waals surface area contributed by atoms with Crippen LogP contribution in [0.25, 0.3) is 0 Å². The van der Waals surface area contributed by atoms with Crippen molar-refractivity contribution in [3.05, 3.63) is 0 Å². The van der Waals surface area contributed by atoms with Gasteiger partial charge in [0.05, 0.1) is 21.1 Å². The van der Waals surface area contributed by atoms with E-state index in [1.54, 1.807) is 0 Å². The van der Waals surface area contributed by atoms with E-state index in [2.05, 4.69) is 6.92 Å². The number of hydrogen-bond donors (Lipinski definition) is 1. The van der Waals surface area contributed by atoms with Gasteiger partial charge in [0.1, 0.15) is 6.61 Å². The quantitative estimate of drug-likeness (QED) is 0.233. The first-order valence-corrected chi connectivity index (χ1v) is 5.52. The molecule has 1 N–H and O–H groups in total. The van der Waals surface area contributed by atoms with Crippen LogP contribution >= 0.6 is 0 Å². The second-order valence-corrected chi connectivity index (χ2v) is 4.40. The van der Waals surface area contributed by atoms with E-state index in [4.69, 9.17) is 4.74 Å². The number of aliphatic hydroxyl groups excluding tert-OH is 1. The van der Waals surface area contributed by atoms with Crippen LogP contribution in [0.1, 0.15) is 26.7 Å². The molecule has 6 heteroatoms. The van der Waals surface area contributed by atoms with E-state index >= 15 is 0 Å². The van der Waals surface area contributed by atoms with Gasteiger partial charge in [0.15, 0.2) is 0 Å². The maximum atomic E-state index is 9.46. The first kappa shape index (κ1) is 22.5. The zero-order valence-electron chi connectivity index (χ0n) is 12.0. The SMILES string of the molecule is CCC(=O)[O-].CCCOCC(O)[N+](C)(C)C.[Na+]. The zero-order chi connectivity index (χ0) is 13.2. The van der Waals surface area contributed by atoms with Gasteiger partial charge in [0.25, 0.3) is 0 Å². The summed E-state index contributed by atoms with van der Waals surface area (Å²) in [4.78, 5) is 9.26. The standard InChI is InChI=1S/C8H20NO2.C3H6O2.Na/c1-5-6-11-7-8(10)9(2,3)4;1-2-3(4)5;/h8,10H,5-7H2,1-4H3;2H2,1H3,(H,4,5);/q+1;;+1/p-1. The summed E-state index contributed by atoms with van der Waals surface area (Å²) in [6.45, 7) is 4.75. The Labute approximate surface area is 127 Å². The third-order valence-electron chi connectivity index (χ3n) is 1.80. The van der Waals surface area contributed by atoms with Gasteiger partial charge in [-0.2, -0.15) is 0 Å². The molecule has 0 radical (unpaired) electrons. The van der Waals surface area contributed by atoms with Crippen molar-refractivity contribution < 1.29 is 53.8 Å². The number of ether oxygens (including phenoxy) is 1. The number of aliphatic hydroxyl groups is 1. The molecule has 0 bridgehead atoms. The van der Waals surface area contributed by atoms with Crippen molar-refractivity contribution in [1.82, 2.24) is 0 Å². The number of carboxylic acids is 1. The Hall–Kier alpha value is 0.350. The van der Waals surface area contributed by atoms with E-state index in [0.717, 1.165) is 13.0 Å². The molecule has 0 amide bonds. The minimum absolute atomic E-state index is 0. The summed E-state index contributed by atoms with van der Waals surface area (Å²) in [5, 5.41) is 18.7. The Balaban J connectivity index is -0.000000280. The van der Waals surface area contributed by atoms with Gasteiger partial charge in [-0.1, -0.05) is 13.8 Å². The molecule has 98 valence electrons. The molecule has 0 fully saturated rings. The fourth-order valence-electron chi connectivity index (χ4n) is 0.557. The molecule has 17 heavy (non-hydrogen) atoms. The summed E-state index contributed by atoms with van der Waals surface area (Å²) in [7, 11) is 5.83. The first-order valence-electron chi connectivity index (χ1n) is 5.52. The van der Waals surface area contributed by atoms with Crippen LogP contribution in [0, 0.1) is 0 Å². The molecule has 0 rings (SSSR count). The number of aliphatic carboxylic acids is 1. The predicted octanol–water partition coefficient (Wildman–Crippen LogP) is -3.41. The number of carbonyl (C=O) groups is 1. The van der Waals surface area contributed by atoms with Gasteiger partial charge in [0.2, 0.25) is 6.23 Å². The average Bonchev–Trinajstić information content (AvgIpc) is 2.17. The van der Waals surface area contributed by atoms with Crippen LogP contribution in [0.15, 0.2) is 0 Å². The number of hydrogen-bond acceptors (Lipinski definition) is 4. The molecule has 0 aliphatic rings. The molecule has 1 atom stereocenters. The molecule has 0 aromatic carbocycles. The molecule has 0 saturated heterocycles. The van der Waals surface area contributed by atoms with Crippen LogP contribution in [0.4, 0.5) is 0 Å². The number of carbonyl (C=O) groups excluding carboxylic acids is 1. The van der Waals surface area contributed by atoms with Crippen LogP contribution in [0.3, 0.4) is 0 Å². The summed E-state index contributed by atoms with van der Waals surface area (Å²) >= 11 is 0. The Morgan fingerprint density at radius 1 is 1.35 bits per heavy atom. The largest absolute Gasteiger partial charge is 1.00 e. The molecule has 0 spiro atoms. The number of carboxylic acid groups (broad SMARTS) is 1. The Kier molecular flexibility index (Phi) is 17.0. The van der Waals surface area contributed by atoms with Gasteiger partial charge in [-0.25, -0.2) is 0 Å². The van der Waals surface area contributed by atoms with E-state index in [1.165, 1.54) is 6.92 Å². The van der Waals surface area contributed by atoms with E-state index in [9.17, 15) is 15.0 Å². The van der Waals surface area contributed by atoms with Gasteiger partial charge in [-0.05, 0) is 12.8 Å². The smallest absolute Gasteiger partial charge is 0.550 e. The molecule has 0 saturated carbocycles. The maximum absolute atomic E-state index is 9.46. The van der Waals surface area contributed by atoms with Crippen molar-refractivity contribution in [3.8, 4) is 0 Å². The van der Waals surface area contributed by atoms with Gasteiger partial charge >= 0.3 is 29.6 Å². The van der Waals surface area contributed by atoms with Crippen molar-refractivity contribution in [1.29, 1.82) is 0 Å². The topological polar surface area (TPSA) is 69.6 Å². The second kappa shape index (κ2) is 12.8. The molecule has 1 unspecified atom stereocenters. The van der Waals surface area contributed by atoms with Crippen LogP contribution < -0.4 is 34.7 Å². The third-order valence-corrected chi connectivity index (χ3v) is 1.80. The van der Waals surface area contributed by atoms with Gasteiger partial charge in [-0.3, -0.25) is 0 Å². The summed E-state index contributed by atoms with van der Waals surface area (Å²) in [5.74, 6) is -0.995. The predicted molar refractivity (Wildman–Crippen MR) is 60.4 cm³/mol. The monoisotopic (exact) mass is 258 g/mol. The van der Waals surface area contributed by atoms with Gasteiger partial charge in [-0.15, -0.1) is 0 Å². The molecular formula is C11H25NNaO4+. The van der Waals surface area contributed by atoms with Crippen molar-refractivity contribution in [2.45, 2.75) is 32.9 Å². The zero-order valence-corrected chi connectivity index (χ0v) is 14.0.